The molecule has 0 bridgehead atoms. The number of aryl methyl sites for hydroxylation is 1. The number of ether oxygens (including phenoxy) is 2. The second-order valence-corrected chi connectivity index (χ2v) is 10.3. The lowest BCUT2D eigenvalue weighted by Crippen LogP contribution is -2.35. The van der Waals surface area contributed by atoms with Crippen molar-refractivity contribution in [1.29, 1.82) is 0 Å². The molecule has 0 saturated heterocycles. The van der Waals surface area contributed by atoms with Crippen molar-refractivity contribution >= 4 is 34.8 Å². The van der Waals surface area contributed by atoms with E-state index in [-0.39, 0.29) is 28.5 Å². The monoisotopic (exact) mass is 551 g/mol. The summed E-state index contributed by atoms with van der Waals surface area (Å²) in [7, 11) is 4.63. The van der Waals surface area contributed by atoms with Gasteiger partial charge in [0.1, 0.15) is 11.1 Å². The number of benzene rings is 1. The second kappa shape index (κ2) is 8.61. The van der Waals surface area contributed by atoms with Gasteiger partial charge in [-0.15, -0.1) is 0 Å². The van der Waals surface area contributed by atoms with Crippen molar-refractivity contribution in [2.45, 2.75) is 25.9 Å². The van der Waals surface area contributed by atoms with E-state index in [0.717, 1.165) is 22.5 Å². The number of fused-ring (bicyclic) bond motifs is 8. The first-order valence-electron chi connectivity index (χ1n) is 11.9. The number of anilines is 1. The Balaban J connectivity index is 1.67. The van der Waals surface area contributed by atoms with E-state index < -0.39 is 6.04 Å². The van der Waals surface area contributed by atoms with Gasteiger partial charge < -0.3 is 18.6 Å². The summed E-state index contributed by atoms with van der Waals surface area (Å²) in [5.74, 6) is 0.137. The number of hydrogen-bond donors (Lipinski definition) is 0. The molecule has 6 rings (SSSR count). The zero-order valence-electron chi connectivity index (χ0n) is 21.2. The van der Waals surface area contributed by atoms with Gasteiger partial charge in [0.05, 0.1) is 42.4 Å². The molecule has 0 N–H and O–H groups in total. The molecule has 9 nitrogen and oxygen atoms in total. The molecule has 2 aliphatic heterocycles. The maximum absolute atomic E-state index is 14.1. The van der Waals surface area contributed by atoms with Gasteiger partial charge in [-0.05, 0) is 43.2 Å². The van der Waals surface area contributed by atoms with Crippen LogP contribution in [0.3, 0.4) is 0 Å². The summed E-state index contributed by atoms with van der Waals surface area (Å²) in [5.41, 5.74) is 5.00. The number of halogens is 2. The Morgan fingerprint density at radius 3 is 2.47 bits per heavy atom. The standard InChI is InChI=1S/C27H23Cl2N5O4/c1-12(2)33-18(17-10-30-27(38-5)31-24(17)37-4)9-16-23(33)22-14-7-6-13(28)8-15(14)20-19(34(22)25(16)35)11-32(3)26(36)21(20)29/h6-12,22H,1-5H3/t22-/m1/s1. The highest BCUT2D eigenvalue weighted by Crippen LogP contribution is 2.55. The fourth-order valence-corrected chi connectivity index (χ4v) is 6.05. The van der Waals surface area contributed by atoms with Crippen LogP contribution in [0.15, 0.2) is 41.5 Å². The highest BCUT2D eigenvalue weighted by Gasteiger charge is 2.48. The van der Waals surface area contributed by atoms with Crippen molar-refractivity contribution < 1.29 is 14.3 Å². The maximum Gasteiger partial charge on any atom is 0.319 e. The maximum atomic E-state index is 14.1. The molecule has 11 heteroatoms. The topological polar surface area (TPSA) is 91.5 Å². The van der Waals surface area contributed by atoms with Crippen LogP contribution in [0.1, 0.15) is 47.5 Å². The van der Waals surface area contributed by atoms with E-state index in [4.69, 9.17) is 32.7 Å². The number of carbonyl (C=O) groups is 1. The van der Waals surface area contributed by atoms with Crippen LogP contribution in [0.4, 0.5) is 5.69 Å². The summed E-state index contributed by atoms with van der Waals surface area (Å²) in [6, 6.07) is 7.00. The Kier molecular flexibility index (Phi) is 5.55. The molecule has 194 valence electrons. The lowest BCUT2D eigenvalue weighted by atomic mass is 9.88. The highest BCUT2D eigenvalue weighted by atomic mass is 35.5. The first kappa shape index (κ1) is 24.5. The molecule has 0 radical (unpaired) electrons. The van der Waals surface area contributed by atoms with Crippen LogP contribution in [0, 0.1) is 0 Å². The first-order chi connectivity index (χ1) is 18.2. The fourth-order valence-electron chi connectivity index (χ4n) is 5.54. The van der Waals surface area contributed by atoms with Gasteiger partial charge in [-0.25, -0.2) is 4.98 Å². The molecule has 0 aliphatic carbocycles. The van der Waals surface area contributed by atoms with Crippen molar-refractivity contribution in [3.05, 3.63) is 73.9 Å². The van der Waals surface area contributed by atoms with Crippen LogP contribution in [0.25, 0.3) is 22.4 Å². The fraction of sp³-hybridized carbons (Fsp3) is 0.259. The van der Waals surface area contributed by atoms with E-state index in [1.165, 1.54) is 18.8 Å². The SMILES string of the molecule is COc1ncc(-c2cc3c(n2C(C)C)[C@H]2c4ccc(Cl)cc4-c4c(cn(C)c(=O)c4Cl)N2C3=O)c(OC)n1. The van der Waals surface area contributed by atoms with Gasteiger partial charge in [0.25, 0.3) is 11.5 Å². The molecule has 0 spiro atoms. The Hall–Kier alpha value is -3.82. The van der Waals surface area contributed by atoms with E-state index in [2.05, 4.69) is 14.5 Å². The normalized spacial score (nSPS) is 15.3. The van der Waals surface area contributed by atoms with Gasteiger partial charge in [0.15, 0.2) is 0 Å². The predicted molar refractivity (Wildman–Crippen MR) is 145 cm³/mol. The Morgan fingerprint density at radius 2 is 1.79 bits per heavy atom. The number of amides is 1. The first-order valence-corrected chi connectivity index (χ1v) is 12.7. The Bertz CT molecular complexity index is 1730. The Morgan fingerprint density at radius 1 is 1.03 bits per heavy atom. The van der Waals surface area contributed by atoms with E-state index >= 15 is 0 Å². The molecule has 1 amide bonds. The minimum atomic E-state index is -0.466. The quantitative estimate of drug-likeness (QED) is 0.342. The molecule has 0 fully saturated rings. The van der Waals surface area contributed by atoms with Crippen molar-refractivity contribution in [3.8, 4) is 34.3 Å². The molecule has 1 aromatic carbocycles. The molecule has 4 aromatic rings. The van der Waals surface area contributed by atoms with Crippen molar-refractivity contribution in [2.24, 2.45) is 7.05 Å². The molecule has 3 aromatic heterocycles. The average Bonchev–Trinajstić information content (AvgIpc) is 3.42. The second-order valence-electron chi connectivity index (χ2n) is 9.50. The number of rotatable bonds is 4. The summed E-state index contributed by atoms with van der Waals surface area (Å²) < 4.78 is 14.2. The molecule has 5 heterocycles. The molecule has 0 saturated carbocycles. The number of pyridine rings is 1. The van der Waals surface area contributed by atoms with Crippen LogP contribution in [0.5, 0.6) is 11.9 Å². The third kappa shape index (κ3) is 3.25. The van der Waals surface area contributed by atoms with Crippen LogP contribution in [-0.4, -0.2) is 39.2 Å². The molecular formula is C27H23Cl2N5O4. The number of hydrogen-bond acceptors (Lipinski definition) is 6. The van der Waals surface area contributed by atoms with Gasteiger partial charge in [-0.2, -0.15) is 4.98 Å². The highest BCUT2D eigenvalue weighted by molar-refractivity contribution is 6.35. The van der Waals surface area contributed by atoms with E-state index in [1.54, 1.807) is 36.5 Å². The zero-order valence-corrected chi connectivity index (χ0v) is 22.8. The van der Waals surface area contributed by atoms with Crippen molar-refractivity contribution in [3.63, 3.8) is 0 Å². The summed E-state index contributed by atoms with van der Waals surface area (Å²) in [6.45, 7) is 4.10. The molecule has 0 unspecified atom stereocenters. The zero-order chi connectivity index (χ0) is 27.0. The molecule has 2 aliphatic rings. The predicted octanol–water partition coefficient (Wildman–Crippen LogP) is 5.28. The van der Waals surface area contributed by atoms with Crippen LogP contribution in [0.2, 0.25) is 10.0 Å². The summed E-state index contributed by atoms with van der Waals surface area (Å²) >= 11 is 13.0. The number of aromatic nitrogens is 4. The number of methoxy groups -OCH3 is 2. The molecule has 38 heavy (non-hydrogen) atoms. The van der Waals surface area contributed by atoms with Crippen molar-refractivity contribution in [2.75, 3.05) is 19.1 Å². The smallest absolute Gasteiger partial charge is 0.319 e. The average molecular weight is 552 g/mol. The minimum Gasteiger partial charge on any atom is -0.480 e. The summed E-state index contributed by atoms with van der Waals surface area (Å²) in [5, 5.41) is 0.549. The minimum absolute atomic E-state index is 0.0332. The van der Waals surface area contributed by atoms with Crippen LogP contribution in [-0.2, 0) is 7.05 Å². The van der Waals surface area contributed by atoms with E-state index in [0.29, 0.717) is 33.3 Å². The van der Waals surface area contributed by atoms with Gasteiger partial charge in [-0.3, -0.25) is 14.5 Å². The lowest BCUT2D eigenvalue weighted by molar-refractivity contribution is 0.0993. The number of nitrogens with zero attached hydrogens (tertiary/aromatic N) is 5. The summed E-state index contributed by atoms with van der Waals surface area (Å²) in [4.78, 5) is 37.3. The van der Waals surface area contributed by atoms with Crippen molar-refractivity contribution in [1.82, 2.24) is 19.1 Å². The lowest BCUT2D eigenvalue weighted by Gasteiger charge is -2.36. The third-order valence-electron chi connectivity index (χ3n) is 7.08. The van der Waals surface area contributed by atoms with Crippen LogP contribution >= 0.6 is 23.2 Å². The third-order valence-corrected chi connectivity index (χ3v) is 7.67. The van der Waals surface area contributed by atoms with Gasteiger partial charge in [0.2, 0.25) is 5.88 Å². The van der Waals surface area contributed by atoms with Gasteiger partial charge >= 0.3 is 6.01 Å². The summed E-state index contributed by atoms with van der Waals surface area (Å²) in [6.07, 6.45) is 3.29. The van der Waals surface area contributed by atoms with E-state index in [9.17, 15) is 9.59 Å². The van der Waals surface area contributed by atoms with E-state index in [1.807, 2.05) is 26.0 Å². The number of carbonyl (C=O) groups excluding carboxylic acids is 1. The largest absolute Gasteiger partial charge is 0.480 e. The van der Waals surface area contributed by atoms with Gasteiger partial charge in [-0.1, -0.05) is 29.3 Å². The Labute approximate surface area is 228 Å². The van der Waals surface area contributed by atoms with Crippen LogP contribution < -0.4 is 19.9 Å². The molecular weight excluding hydrogens is 529 g/mol. The molecule has 1 atom stereocenters. The van der Waals surface area contributed by atoms with Gasteiger partial charge in [0, 0.05) is 36.1 Å².